The van der Waals surface area contributed by atoms with Gasteiger partial charge < -0.3 is 11.1 Å². The van der Waals surface area contributed by atoms with Gasteiger partial charge in [-0.25, -0.2) is 0 Å². The molecule has 0 bridgehead atoms. The van der Waals surface area contributed by atoms with Crippen LogP contribution in [0.5, 0.6) is 0 Å². The van der Waals surface area contributed by atoms with Gasteiger partial charge in [0.15, 0.2) is 0 Å². The van der Waals surface area contributed by atoms with Gasteiger partial charge in [-0.05, 0) is 20.9 Å². The normalized spacial score (nSPS) is 37.1. The summed E-state index contributed by atoms with van der Waals surface area (Å²) in [5, 5.41) is 3.19. The highest BCUT2D eigenvalue weighted by Gasteiger charge is 2.27. The highest BCUT2D eigenvalue weighted by Crippen LogP contribution is 2.18. The summed E-state index contributed by atoms with van der Waals surface area (Å²) in [4.78, 5) is 0. The molecule has 1 aliphatic carbocycles. The molecule has 0 radical (unpaired) electrons. The minimum absolute atomic E-state index is 0.0699. The fourth-order valence-corrected chi connectivity index (χ4v) is 1.18. The van der Waals surface area contributed by atoms with Crippen LogP contribution in [0.25, 0.3) is 0 Å². The van der Waals surface area contributed by atoms with E-state index in [2.05, 4.69) is 37.4 Å². The Morgan fingerprint density at radius 3 is 2.73 bits per heavy atom. The fraction of sp³-hybridized carbons (Fsp3) is 0.556. The zero-order valence-corrected chi connectivity index (χ0v) is 7.39. The van der Waals surface area contributed by atoms with Gasteiger partial charge in [-0.3, -0.25) is 0 Å². The van der Waals surface area contributed by atoms with Crippen molar-refractivity contribution in [3.8, 4) is 0 Å². The Labute approximate surface area is 68.2 Å². The van der Waals surface area contributed by atoms with Crippen molar-refractivity contribution < 1.29 is 0 Å². The van der Waals surface area contributed by atoms with Crippen molar-refractivity contribution in [1.82, 2.24) is 5.32 Å². The van der Waals surface area contributed by atoms with E-state index < -0.39 is 0 Å². The maximum Gasteiger partial charge on any atom is 0.0526 e. The largest absolute Gasteiger partial charge is 0.323 e. The molecule has 2 heteroatoms. The van der Waals surface area contributed by atoms with E-state index in [1.807, 2.05) is 7.05 Å². The summed E-state index contributed by atoms with van der Waals surface area (Å²) in [7, 11) is 1.93. The first-order valence-corrected chi connectivity index (χ1v) is 3.90. The van der Waals surface area contributed by atoms with Crippen LogP contribution in [0, 0.1) is 0 Å². The first-order valence-electron chi connectivity index (χ1n) is 3.90. The molecule has 0 aromatic heterocycles. The highest BCUT2D eigenvalue weighted by atomic mass is 15.0. The van der Waals surface area contributed by atoms with E-state index in [0.29, 0.717) is 0 Å². The summed E-state index contributed by atoms with van der Waals surface area (Å²) in [6, 6.07) is 0.0810. The average molecular weight is 152 g/mol. The number of hydrogen-bond acceptors (Lipinski definition) is 2. The predicted octanol–water partition coefficient (Wildman–Crippen LogP) is 0.808. The molecule has 1 aliphatic rings. The van der Waals surface area contributed by atoms with E-state index >= 15 is 0 Å². The lowest BCUT2D eigenvalue weighted by atomic mass is 9.87. The summed E-state index contributed by atoms with van der Waals surface area (Å²) in [6.45, 7) is 4.16. The third-order valence-electron chi connectivity index (χ3n) is 2.37. The minimum atomic E-state index is -0.0699. The number of nitrogens with one attached hydrogen (secondary N) is 1. The quantitative estimate of drug-likeness (QED) is 0.583. The maximum absolute atomic E-state index is 5.92. The van der Waals surface area contributed by atoms with E-state index in [0.717, 1.165) is 0 Å². The summed E-state index contributed by atoms with van der Waals surface area (Å²) < 4.78 is 0. The van der Waals surface area contributed by atoms with Gasteiger partial charge in [-0.1, -0.05) is 23.8 Å². The van der Waals surface area contributed by atoms with Crippen molar-refractivity contribution in [2.45, 2.75) is 25.4 Å². The van der Waals surface area contributed by atoms with Crippen LogP contribution in [0.3, 0.4) is 0 Å². The smallest absolute Gasteiger partial charge is 0.0526 e. The molecular weight excluding hydrogens is 136 g/mol. The Bertz CT molecular complexity index is 206. The van der Waals surface area contributed by atoms with Gasteiger partial charge in [0.1, 0.15) is 0 Å². The zero-order valence-electron chi connectivity index (χ0n) is 7.39. The van der Waals surface area contributed by atoms with Crippen molar-refractivity contribution >= 4 is 0 Å². The molecular formula is C9H16N2. The van der Waals surface area contributed by atoms with Gasteiger partial charge in [0.05, 0.1) is 5.54 Å². The van der Waals surface area contributed by atoms with Crippen LogP contribution in [0.2, 0.25) is 0 Å². The molecule has 2 nitrogen and oxygen atoms in total. The second-order valence-corrected chi connectivity index (χ2v) is 3.30. The van der Waals surface area contributed by atoms with Gasteiger partial charge in [-0.15, -0.1) is 0 Å². The van der Waals surface area contributed by atoms with Crippen molar-refractivity contribution in [1.29, 1.82) is 0 Å². The van der Waals surface area contributed by atoms with Crippen molar-refractivity contribution in [2.24, 2.45) is 5.73 Å². The Morgan fingerprint density at radius 2 is 2.27 bits per heavy atom. The molecule has 0 saturated heterocycles. The van der Waals surface area contributed by atoms with Gasteiger partial charge in [0.25, 0.3) is 0 Å². The maximum atomic E-state index is 5.92. The molecule has 0 amide bonds. The second-order valence-electron chi connectivity index (χ2n) is 3.30. The molecule has 0 aromatic carbocycles. The molecule has 0 heterocycles. The molecule has 11 heavy (non-hydrogen) atoms. The molecule has 2 unspecified atom stereocenters. The van der Waals surface area contributed by atoms with Crippen molar-refractivity contribution in [3.05, 3.63) is 23.8 Å². The van der Waals surface area contributed by atoms with Crippen molar-refractivity contribution in [3.63, 3.8) is 0 Å². The van der Waals surface area contributed by atoms with E-state index in [1.54, 1.807) is 0 Å². The van der Waals surface area contributed by atoms with E-state index in [9.17, 15) is 0 Å². The zero-order chi connectivity index (χ0) is 8.48. The van der Waals surface area contributed by atoms with Crippen LogP contribution in [0.1, 0.15) is 13.8 Å². The van der Waals surface area contributed by atoms with E-state index in [4.69, 9.17) is 5.73 Å². The van der Waals surface area contributed by atoms with Crippen LogP contribution in [-0.4, -0.2) is 18.6 Å². The van der Waals surface area contributed by atoms with Gasteiger partial charge >= 0.3 is 0 Å². The first-order chi connectivity index (χ1) is 5.08. The Morgan fingerprint density at radius 1 is 1.64 bits per heavy atom. The monoisotopic (exact) mass is 152 g/mol. The van der Waals surface area contributed by atoms with Gasteiger partial charge in [0, 0.05) is 6.04 Å². The number of allylic oxidation sites excluding steroid dienone is 2. The average Bonchev–Trinajstić information content (AvgIpc) is 1.98. The van der Waals surface area contributed by atoms with Crippen LogP contribution in [0.15, 0.2) is 23.8 Å². The molecule has 0 saturated carbocycles. The SMILES string of the molecule is CNC1(C)C=CC(C)=CC1N. The fourth-order valence-electron chi connectivity index (χ4n) is 1.18. The van der Waals surface area contributed by atoms with Crippen LogP contribution in [-0.2, 0) is 0 Å². The lowest BCUT2D eigenvalue weighted by molar-refractivity contribution is 0.427. The molecule has 62 valence electrons. The third kappa shape index (κ3) is 1.52. The number of likely N-dealkylation sites (N-methyl/N-ethyl adjacent to an activating group) is 1. The molecule has 1 rings (SSSR count). The first kappa shape index (κ1) is 8.50. The Balaban J connectivity index is 2.84. The topological polar surface area (TPSA) is 38.0 Å². The molecule has 2 atom stereocenters. The third-order valence-corrected chi connectivity index (χ3v) is 2.37. The van der Waals surface area contributed by atoms with Crippen LogP contribution >= 0.6 is 0 Å². The van der Waals surface area contributed by atoms with Gasteiger partial charge in [0.2, 0.25) is 0 Å². The van der Waals surface area contributed by atoms with E-state index in [1.165, 1.54) is 5.57 Å². The van der Waals surface area contributed by atoms with Crippen molar-refractivity contribution in [2.75, 3.05) is 7.05 Å². The van der Waals surface area contributed by atoms with Crippen LogP contribution < -0.4 is 11.1 Å². The lowest BCUT2D eigenvalue weighted by Gasteiger charge is -2.33. The second kappa shape index (κ2) is 2.80. The molecule has 0 fully saturated rings. The van der Waals surface area contributed by atoms with Crippen LogP contribution in [0.4, 0.5) is 0 Å². The lowest BCUT2D eigenvalue weighted by Crippen LogP contribution is -2.53. The number of rotatable bonds is 1. The minimum Gasteiger partial charge on any atom is -0.323 e. The van der Waals surface area contributed by atoms with Gasteiger partial charge in [-0.2, -0.15) is 0 Å². The standard InChI is InChI=1S/C9H16N2/c1-7-4-5-9(2,11-3)8(10)6-7/h4-6,8,11H,10H2,1-3H3. The number of nitrogens with two attached hydrogens (primary N) is 1. The summed E-state index contributed by atoms with van der Waals surface area (Å²) in [5.41, 5.74) is 7.10. The van der Waals surface area contributed by atoms with E-state index in [-0.39, 0.29) is 11.6 Å². The molecule has 0 aliphatic heterocycles. The summed E-state index contributed by atoms with van der Waals surface area (Å²) in [6.07, 6.45) is 6.30. The predicted molar refractivity (Wildman–Crippen MR) is 48.3 cm³/mol. The Hall–Kier alpha value is -0.600. The highest BCUT2D eigenvalue weighted by molar-refractivity contribution is 5.31. The summed E-state index contributed by atoms with van der Waals surface area (Å²) >= 11 is 0. The molecule has 0 aromatic rings. The molecule has 3 N–H and O–H groups in total. The summed E-state index contributed by atoms with van der Waals surface area (Å²) in [5.74, 6) is 0. The Kier molecular flexibility index (Phi) is 2.16. The number of hydrogen-bond donors (Lipinski definition) is 2. The molecule has 0 spiro atoms.